The Morgan fingerprint density at radius 3 is 2.44 bits per heavy atom. The molecule has 0 radical (unpaired) electrons. The van der Waals surface area contributed by atoms with Gasteiger partial charge in [-0.15, -0.1) is 11.3 Å². The largest absolute Gasteiger partial charge is 0.497 e. The van der Waals surface area contributed by atoms with E-state index in [4.69, 9.17) is 4.74 Å². The third-order valence-electron chi connectivity index (χ3n) is 2.21. The minimum absolute atomic E-state index is 0.177. The molecule has 0 atom stereocenters. The summed E-state index contributed by atoms with van der Waals surface area (Å²) >= 11 is 1.29. The van der Waals surface area contributed by atoms with Gasteiger partial charge in [0.15, 0.2) is 5.13 Å². The molecule has 1 heterocycles. The number of methoxy groups -OCH3 is 1. The zero-order chi connectivity index (χ0) is 13.2. The molecule has 0 unspecified atom stereocenters. The molecule has 0 saturated heterocycles. The van der Waals surface area contributed by atoms with Crippen molar-refractivity contribution in [3.63, 3.8) is 0 Å². The molecule has 1 aromatic carbocycles. The number of thiazole rings is 1. The number of anilines is 1. The smallest absolute Gasteiger partial charge is 0.263 e. The highest BCUT2D eigenvalue weighted by atomic mass is 32.2. The lowest BCUT2D eigenvalue weighted by molar-refractivity contribution is 0.414. The maximum absolute atomic E-state index is 12.0. The lowest BCUT2D eigenvalue weighted by Gasteiger charge is -2.05. The average molecular weight is 284 g/mol. The Hall–Kier alpha value is -1.60. The highest BCUT2D eigenvalue weighted by Gasteiger charge is 2.15. The molecule has 96 valence electrons. The van der Waals surface area contributed by atoms with Crippen molar-refractivity contribution in [1.82, 2.24) is 4.98 Å². The fraction of sp³-hybridized carbons (Fsp3) is 0.182. The average Bonchev–Trinajstić information content (AvgIpc) is 2.74. The van der Waals surface area contributed by atoms with Crippen LogP contribution >= 0.6 is 11.3 Å². The third-order valence-corrected chi connectivity index (χ3v) is 4.52. The predicted octanol–water partition coefficient (Wildman–Crippen LogP) is 2.26. The van der Waals surface area contributed by atoms with E-state index < -0.39 is 10.0 Å². The summed E-state index contributed by atoms with van der Waals surface area (Å²) < 4.78 is 31.5. The summed E-state index contributed by atoms with van der Waals surface area (Å²) in [5.74, 6) is 0.610. The Kier molecular flexibility index (Phi) is 3.53. The van der Waals surface area contributed by atoms with E-state index >= 15 is 0 Å². The lowest BCUT2D eigenvalue weighted by atomic mass is 10.3. The van der Waals surface area contributed by atoms with Gasteiger partial charge in [0.05, 0.1) is 12.0 Å². The van der Waals surface area contributed by atoms with Gasteiger partial charge in [-0.2, -0.15) is 0 Å². The van der Waals surface area contributed by atoms with Crippen LogP contribution in [0.1, 0.15) is 4.88 Å². The molecule has 18 heavy (non-hydrogen) atoms. The van der Waals surface area contributed by atoms with Gasteiger partial charge in [0, 0.05) is 11.1 Å². The van der Waals surface area contributed by atoms with Gasteiger partial charge in [-0.25, -0.2) is 13.4 Å². The zero-order valence-electron chi connectivity index (χ0n) is 9.88. The second-order valence-electron chi connectivity index (χ2n) is 3.56. The Morgan fingerprint density at radius 2 is 1.94 bits per heavy atom. The van der Waals surface area contributed by atoms with E-state index in [1.165, 1.54) is 30.6 Å². The molecular formula is C11H12N2O3S2. The van der Waals surface area contributed by atoms with Gasteiger partial charge < -0.3 is 4.74 Å². The van der Waals surface area contributed by atoms with Crippen LogP contribution in [0, 0.1) is 6.92 Å². The van der Waals surface area contributed by atoms with Crippen LogP contribution in [0.15, 0.2) is 35.4 Å². The van der Waals surface area contributed by atoms with E-state index in [1.54, 1.807) is 18.3 Å². The van der Waals surface area contributed by atoms with Gasteiger partial charge in [0.25, 0.3) is 10.0 Å². The van der Waals surface area contributed by atoms with Crippen LogP contribution < -0.4 is 9.46 Å². The topological polar surface area (TPSA) is 68.3 Å². The first kappa shape index (κ1) is 12.8. The van der Waals surface area contributed by atoms with Gasteiger partial charge >= 0.3 is 0 Å². The van der Waals surface area contributed by atoms with Crippen molar-refractivity contribution in [3.8, 4) is 5.75 Å². The third kappa shape index (κ3) is 2.80. The van der Waals surface area contributed by atoms with E-state index in [9.17, 15) is 8.42 Å². The van der Waals surface area contributed by atoms with Crippen LogP contribution in [0.4, 0.5) is 5.13 Å². The van der Waals surface area contributed by atoms with Crippen LogP contribution in [0.25, 0.3) is 0 Å². The molecule has 0 aliphatic rings. The second kappa shape index (κ2) is 4.95. The van der Waals surface area contributed by atoms with E-state index in [0.717, 1.165) is 4.88 Å². The number of benzene rings is 1. The number of hydrogen-bond acceptors (Lipinski definition) is 5. The molecule has 2 rings (SSSR count). The summed E-state index contributed by atoms with van der Waals surface area (Å²) in [6, 6.07) is 6.17. The number of ether oxygens (including phenoxy) is 1. The molecule has 7 heteroatoms. The molecule has 0 aliphatic carbocycles. The quantitative estimate of drug-likeness (QED) is 0.935. The summed E-state index contributed by atoms with van der Waals surface area (Å²) in [7, 11) is -2.05. The Labute approximate surface area is 110 Å². The van der Waals surface area contributed by atoms with Crippen LogP contribution in [0.5, 0.6) is 5.75 Å². The summed E-state index contributed by atoms with van der Waals surface area (Å²) in [5, 5.41) is 0.364. The number of nitrogens with zero attached hydrogens (tertiary/aromatic N) is 1. The molecule has 0 aliphatic heterocycles. The number of nitrogens with one attached hydrogen (secondary N) is 1. The summed E-state index contributed by atoms with van der Waals surface area (Å²) in [6.07, 6.45) is 1.62. The van der Waals surface area contributed by atoms with Crippen molar-refractivity contribution in [2.75, 3.05) is 11.8 Å². The number of rotatable bonds is 4. The van der Waals surface area contributed by atoms with E-state index in [2.05, 4.69) is 9.71 Å². The van der Waals surface area contributed by atoms with Crippen LogP contribution in [0.3, 0.4) is 0 Å². The van der Waals surface area contributed by atoms with Gasteiger partial charge in [-0.05, 0) is 31.2 Å². The van der Waals surface area contributed by atoms with Gasteiger partial charge in [-0.3, -0.25) is 4.72 Å². The zero-order valence-corrected chi connectivity index (χ0v) is 11.5. The molecule has 1 aromatic heterocycles. The van der Waals surface area contributed by atoms with Crippen molar-refractivity contribution in [2.24, 2.45) is 0 Å². The van der Waals surface area contributed by atoms with Crippen molar-refractivity contribution in [3.05, 3.63) is 35.3 Å². The number of aromatic nitrogens is 1. The highest BCUT2D eigenvalue weighted by Crippen LogP contribution is 2.22. The molecule has 1 N–H and O–H groups in total. The van der Waals surface area contributed by atoms with Crippen molar-refractivity contribution in [1.29, 1.82) is 0 Å². The normalized spacial score (nSPS) is 11.2. The maximum atomic E-state index is 12.0. The fourth-order valence-corrected chi connectivity index (χ4v) is 3.24. The first-order valence-corrected chi connectivity index (χ1v) is 7.40. The molecular weight excluding hydrogens is 272 g/mol. The Bertz CT molecular complexity index is 633. The van der Waals surface area contributed by atoms with Crippen LogP contribution in [-0.2, 0) is 10.0 Å². The first-order chi connectivity index (χ1) is 8.51. The fourth-order valence-electron chi connectivity index (χ4n) is 1.33. The van der Waals surface area contributed by atoms with Crippen LogP contribution in [0.2, 0.25) is 0 Å². The summed E-state index contributed by atoms with van der Waals surface area (Å²) in [6.45, 7) is 1.86. The minimum Gasteiger partial charge on any atom is -0.497 e. The number of aryl methyl sites for hydroxylation is 1. The van der Waals surface area contributed by atoms with E-state index in [1.807, 2.05) is 6.92 Å². The number of hydrogen-bond donors (Lipinski definition) is 1. The number of sulfonamides is 1. The predicted molar refractivity (Wildman–Crippen MR) is 70.7 cm³/mol. The summed E-state index contributed by atoms with van der Waals surface area (Å²) in [5.41, 5.74) is 0. The van der Waals surface area contributed by atoms with E-state index in [-0.39, 0.29) is 4.90 Å². The SMILES string of the molecule is COc1ccc(S(=O)(=O)Nc2ncc(C)s2)cc1. The monoisotopic (exact) mass is 284 g/mol. The molecule has 5 nitrogen and oxygen atoms in total. The summed E-state index contributed by atoms with van der Waals surface area (Å²) in [4.78, 5) is 5.09. The molecule has 0 amide bonds. The lowest BCUT2D eigenvalue weighted by Crippen LogP contribution is -2.12. The van der Waals surface area contributed by atoms with Crippen molar-refractivity contribution in [2.45, 2.75) is 11.8 Å². The first-order valence-electron chi connectivity index (χ1n) is 5.10. The maximum Gasteiger partial charge on any atom is 0.263 e. The molecule has 0 saturated carbocycles. The standard InChI is InChI=1S/C11H12N2O3S2/c1-8-7-12-11(17-8)13-18(14,15)10-5-3-9(16-2)4-6-10/h3-7H,1-2H3,(H,12,13). The second-order valence-corrected chi connectivity index (χ2v) is 6.47. The van der Waals surface area contributed by atoms with Gasteiger partial charge in [0.2, 0.25) is 0 Å². The minimum atomic E-state index is -3.58. The van der Waals surface area contributed by atoms with E-state index in [0.29, 0.717) is 10.9 Å². The van der Waals surface area contributed by atoms with Gasteiger partial charge in [-0.1, -0.05) is 0 Å². The highest BCUT2D eigenvalue weighted by molar-refractivity contribution is 7.93. The van der Waals surface area contributed by atoms with Crippen molar-refractivity contribution < 1.29 is 13.2 Å². The molecule has 2 aromatic rings. The van der Waals surface area contributed by atoms with Crippen molar-refractivity contribution >= 4 is 26.5 Å². The Balaban J connectivity index is 2.24. The Morgan fingerprint density at radius 1 is 1.28 bits per heavy atom. The molecule has 0 spiro atoms. The van der Waals surface area contributed by atoms with Gasteiger partial charge in [0.1, 0.15) is 5.75 Å². The molecule has 0 bridgehead atoms. The molecule has 0 fully saturated rings. The van der Waals surface area contributed by atoms with Crippen LogP contribution in [-0.4, -0.2) is 20.5 Å².